The normalized spacial score (nSPS) is 13.6. The van der Waals surface area contributed by atoms with E-state index in [0.29, 0.717) is 6.54 Å². The van der Waals surface area contributed by atoms with Crippen molar-refractivity contribution in [1.82, 2.24) is 4.90 Å². The third-order valence-corrected chi connectivity index (χ3v) is 4.44. The number of carbonyl (C=O) groups is 2. The fourth-order valence-electron chi connectivity index (χ4n) is 2.81. The van der Waals surface area contributed by atoms with E-state index in [-0.39, 0.29) is 17.4 Å². The largest absolute Gasteiger partial charge is 0.465 e. The third kappa shape index (κ3) is 3.99. The Balaban J connectivity index is 1.78. The molecule has 0 radical (unpaired) electrons. The van der Waals surface area contributed by atoms with Crippen molar-refractivity contribution in [3.05, 3.63) is 65.7 Å². The van der Waals surface area contributed by atoms with Gasteiger partial charge in [0.2, 0.25) is 0 Å². The van der Waals surface area contributed by atoms with Gasteiger partial charge in [-0.1, -0.05) is 42.5 Å². The predicted octanol–water partition coefficient (Wildman–Crippen LogP) is 4.03. The van der Waals surface area contributed by atoms with Gasteiger partial charge in [0.25, 0.3) is 0 Å². The molecule has 0 bridgehead atoms. The van der Waals surface area contributed by atoms with E-state index in [1.807, 2.05) is 30.3 Å². The molecule has 0 N–H and O–H groups in total. The molecule has 130 valence electrons. The van der Waals surface area contributed by atoms with Crippen molar-refractivity contribution in [2.75, 3.05) is 7.11 Å². The second-order valence-corrected chi connectivity index (χ2v) is 6.05. The maximum Gasteiger partial charge on any atom is 0.415 e. The van der Waals surface area contributed by atoms with Gasteiger partial charge in [0.05, 0.1) is 7.11 Å². The maximum atomic E-state index is 12.8. The molecule has 0 saturated heterocycles. The molecule has 0 unspecified atom stereocenters. The Kier molecular flexibility index (Phi) is 5.33. The summed E-state index contributed by atoms with van der Waals surface area (Å²) in [6, 6.07) is 16.6. The first kappa shape index (κ1) is 17.0. The van der Waals surface area contributed by atoms with Crippen LogP contribution in [0.2, 0.25) is 0 Å². The van der Waals surface area contributed by atoms with E-state index in [4.69, 9.17) is 9.47 Å². The molecule has 5 nitrogen and oxygen atoms in total. The highest BCUT2D eigenvalue weighted by atomic mass is 16.6. The Bertz CT molecular complexity index is 740. The summed E-state index contributed by atoms with van der Waals surface area (Å²) in [6.07, 6.45) is 2.62. The van der Waals surface area contributed by atoms with Gasteiger partial charge in [-0.3, -0.25) is 0 Å². The first-order valence-corrected chi connectivity index (χ1v) is 8.38. The summed E-state index contributed by atoms with van der Waals surface area (Å²) in [5.74, 6) is -0.307. The maximum absolute atomic E-state index is 12.8. The summed E-state index contributed by atoms with van der Waals surface area (Å²) in [4.78, 5) is 26.4. The third-order valence-electron chi connectivity index (χ3n) is 4.44. The minimum absolute atomic E-state index is 0.179. The van der Waals surface area contributed by atoms with Crippen LogP contribution in [0.25, 0.3) is 0 Å². The standard InChI is InChI=1S/C20H21NO4/c1-24-19(22)17-12-5-6-13-18(17)25-20(23)21(16-10-7-11-16)14-15-8-3-2-4-9-15/h2-6,8-9,12-13,16H,7,10-11,14H2,1H3. The van der Waals surface area contributed by atoms with Gasteiger partial charge in [-0.15, -0.1) is 0 Å². The molecule has 0 aromatic heterocycles. The molecular formula is C20H21NO4. The topological polar surface area (TPSA) is 55.8 Å². The molecule has 3 rings (SSSR count). The molecule has 1 aliphatic rings. The monoisotopic (exact) mass is 339 g/mol. The number of ether oxygens (including phenoxy) is 2. The van der Waals surface area contributed by atoms with Crippen molar-refractivity contribution in [1.29, 1.82) is 0 Å². The van der Waals surface area contributed by atoms with Crippen molar-refractivity contribution in [2.45, 2.75) is 31.8 Å². The molecule has 25 heavy (non-hydrogen) atoms. The predicted molar refractivity (Wildman–Crippen MR) is 93.4 cm³/mol. The number of carbonyl (C=O) groups excluding carboxylic acids is 2. The molecule has 0 heterocycles. The van der Waals surface area contributed by atoms with Crippen molar-refractivity contribution >= 4 is 12.1 Å². The number of hydrogen-bond donors (Lipinski definition) is 0. The van der Waals surface area contributed by atoms with Gasteiger partial charge in [0.15, 0.2) is 0 Å². The van der Waals surface area contributed by atoms with Crippen molar-refractivity contribution in [3.8, 4) is 5.75 Å². The quantitative estimate of drug-likeness (QED) is 0.772. The van der Waals surface area contributed by atoms with E-state index in [1.54, 1.807) is 29.2 Å². The lowest BCUT2D eigenvalue weighted by atomic mass is 9.91. The van der Waals surface area contributed by atoms with Gasteiger partial charge in [0, 0.05) is 12.6 Å². The number of methoxy groups -OCH3 is 1. The number of amides is 1. The highest BCUT2D eigenvalue weighted by molar-refractivity contribution is 5.93. The van der Waals surface area contributed by atoms with E-state index < -0.39 is 12.1 Å². The van der Waals surface area contributed by atoms with Gasteiger partial charge in [-0.2, -0.15) is 0 Å². The van der Waals surface area contributed by atoms with Gasteiger partial charge in [0.1, 0.15) is 11.3 Å². The summed E-state index contributed by atoms with van der Waals surface area (Å²) >= 11 is 0. The molecule has 2 aromatic carbocycles. The van der Waals surface area contributed by atoms with Crippen LogP contribution >= 0.6 is 0 Å². The summed E-state index contributed by atoms with van der Waals surface area (Å²) in [5.41, 5.74) is 1.29. The fourth-order valence-corrected chi connectivity index (χ4v) is 2.81. The minimum atomic E-state index is -0.526. The molecule has 2 aromatic rings. The van der Waals surface area contributed by atoms with E-state index >= 15 is 0 Å². The average molecular weight is 339 g/mol. The number of esters is 1. The molecular weight excluding hydrogens is 318 g/mol. The fraction of sp³-hybridized carbons (Fsp3) is 0.300. The number of rotatable bonds is 5. The van der Waals surface area contributed by atoms with E-state index in [9.17, 15) is 9.59 Å². The lowest BCUT2D eigenvalue weighted by molar-refractivity contribution is 0.0595. The van der Waals surface area contributed by atoms with Crippen LogP contribution in [-0.4, -0.2) is 30.1 Å². The SMILES string of the molecule is COC(=O)c1ccccc1OC(=O)N(Cc1ccccc1)C1CCC1. The first-order valence-electron chi connectivity index (χ1n) is 8.38. The van der Waals surface area contributed by atoms with Crippen molar-refractivity contribution in [2.24, 2.45) is 0 Å². The number of para-hydroxylation sites is 1. The van der Waals surface area contributed by atoms with Crippen LogP contribution < -0.4 is 4.74 Å². The first-order chi connectivity index (χ1) is 12.2. The molecule has 1 saturated carbocycles. The summed E-state index contributed by atoms with van der Waals surface area (Å²) in [5, 5.41) is 0. The number of benzene rings is 2. The average Bonchev–Trinajstić information content (AvgIpc) is 2.60. The molecule has 0 atom stereocenters. The van der Waals surface area contributed by atoms with Crippen LogP contribution in [0, 0.1) is 0 Å². The van der Waals surface area contributed by atoms with Crippen LogP contribution in [-0.2, 0) is 11.3 Å². The summed E-state index contributed by atoms with van der Waals surface area (Å²) < 4.78 is 10.3. The Morgan fingerprint density at radius 1 is 1.04 bits per heavy atom. The Hall–Kier alpha value is -2.82. The van der Waals surface area contributed by atoms with Crippen molar-refractivity contribution < 1.29 is 19.1 Å². The van der Waals surface area contributed by atoms with Crippen LogP contribution in [0.3, 0.4) is 0 Å². The van der Waals surface area contributed by atoms with Gasteiger partial charge in [-0.05, 0) is 37.0 Å². The Morgan fingerprint density at radius 2 is 1.72 bits per heavy atom. The van der Waals surface area contributed by atoms with Crippen LogP contribution in [0.4, 0.5) is 4.79 Å². The zero-order valence-electron chi connectivity index (χ0n) is 14.2. The van der Waals surface area contributed by atoms with Gasteiger partial charge in [-0.25, -0.2) is 9.59 Å². The molecule has 1 amide bonds. The molecule has 1 aliphatic carbocycles. The van der Waals surface area contributed by atoms with E-state index in [1.165, 1.54) is 7.11 Å². The van der Waals surface area contributed by atoms with Gasteiger partial charge >= 0.3 is 12.1 Å². The molecule has 0 spiro atoms. The Labute approximate surface area is 147 Å². The molecule has 1 fully saturated rings. The molecule has 5 heteroatoms. The second kappa shape index (κ2) is 7.83. The second-order valence-electron chi connectivity index (χ2n) is 6.05. The zero-order chi connectivity index (χ0) is 17.6. The van der Waals surface area contributed by atoms with Crippen LogP contribution in [0.15, 0.2) is 54.6 Å². The lowest BCUT2D eigenvalue weighted by Gasteiger charge is -2.36. The number of nitrogens with zero attached hydrogens (tertiary/aromatic N) is 1. The van der Waals surface area contributed by atoms with E-state index in [0.717, 1.165) is 24.8 Å². The Morgan fingerprint density at radius 3 is 2.36 bits per heavy atom. The zero-order valence-corrected chi connectivity index (χ0v) is 14.2. The smallest absolute Gasteiger partial charge is 0.415 e. The highest BCUT2D eigenvalue weighted by Crippen LogP contribution is 2.28. The minimum Gasteiger partial charge on any atom is -0.465 e. The lowest BCUT2D eigenvalue weighted by Crippen LogP contribution is -2.45. The summed E-state index contributed by atoms with van der Waals surface area (Å²) in [7, 11) is 1.30. The van der Waals surface area contributed by atoms with E-state index in [2.05, 4.69) is 0 Å². The highest BCUT2D eigenvalue weighted by Gasteiger charge is 2.31. The van der Waals surface area contributed by atoms with Gasteiger partial charge < -0.3 is 14.4 Å². The van der Waals surface area contributed by atoms with Crippen LogP contribution in [0.1, 0.15) is 35.2 Å². The molecule has 0 aliphatic heterocycles. The summed E-state index contributed by atoms with van der Waals surface area (Å²) in [6.45, 7) is 0.491. The van der Waals surface area contributed by atoms with Crippen molar-refractivity contribution in [3.63, 3.8) is 0 Å². The number of hydrogen-bond acceptors (Lipinski definition) is 4. The van der Waals surface area contributed by atoms with Crippen LogP contribution in [0.5, 0.6) is 5.75 Å².